The van der Waals surface area contributed by atoms with Crippen LogP contribution < -0.4 is 5.30 Å². The number of rotatable bonds is 3. The molecule has 0 aromatic heterocycles. The molecule has 0 atom stereocenters. The Labute approximate surface area is 96.0 Å². The normalized spacial score (nSPS) is 13.3. The minimum absolute atomic E-state index is 0.109. The molecule has 1 rings (SSSR count). The molecule has 4 heteroatoms. The third-order valence-electron chi connectivity index (χ3n) is 2.50. The van der Waals surface area contributed by atoms with E-state index in [0.717, 1.165) is 0 Å². The Morgan fingerprint density at radius 2 is 1.81 bits per heavy atom. The van der Waals surface area contributed by atoms with Crippen LogP contribution in [0.3, 0.4) is 0 Å². The topological polar surface area (TPSA) is 57.5 Å². The van der Waals surface area contributed by atoms with Crippen molar-refractivity contribution < 1.29 is 14.4 Å². The van der Waals surface area contributed by atoms with E-state index >= 15 is 0 Å². The van der Waals surface area contributed by atoms with Crippen molar-refractivity contribution in [2.45, 2.75) is 26.2 Å². The summed E-state index contributed by atoms with van der Waals surface area (Å²) >= 11 is 0. The molecule has 0 saturated heterocycles. The van der Waals surface area contributed by atoms with Crippen LogP contribution in [0.1, 0.15) is 26.3 Å². The molecule has 0 unspecified atom stereocenters. The van der Waals surface area contributed by atoms with Crippen molar-refractivity contribution in [2.75, 3.05) is 0 Å². The van der Waals surface area contributed by atoms with Crippen molar-refractivity contribution in [1.29, 1.82) is 0 Å². The fraction of sp³-hybridized carbons (Fsp3) is 0.333. The standard InChI is InChI=1S/C12H17O3P/c1-4-9-12(2,3)10-7-5-6-8-11(10)16(13,14)15/h4-9H,1-3H3,(H2,13,14,15)/b9-4+. The lowest BCUT2D eigenvalue weighted by atomic mass is 9.84. The minimum Gasteiger partial charge on any atom is -0.321 e. The van der Waals surface area contributed by atoms with E-state index in [0.29, 0.717) is 5.56 Å². The minimum atomic E-state index is -4.21. The Bertz CT molecular complexity index is 443. The summed E-state index contributed by atoms with van der Waals surface area (Å²) in [5.74, 6) is 0. The number of hydrogen-bond acceptors (Lipinski definition) is 1. The first-order chi connectivity index (χ1) is 7.29. The maximum atomic E-state index is 11.4. The lowest BCUT2D eigenvalue weighted by Gasteiger charge is -2.24. The summed E-state index contributed by atoms with van der Waals surface area (Å²) in [6.45, 7) is 5.75. The maximum Gasteiger partial charge on any atom is 0.356 e. The van der Waals surface area contributed by atoms with E-state index in [1.54, 1.807) is 18.2 Å². The molecule has 16 heavy (non-hydrogen) atoms. The van der Waals surface area contributed by atoms with Gasteiger partial charge in [0.15, 0.2) is 0 Å². The Hall–Kier alpha value is -0.890. The van der Waals surface area contributed by atoms with Gasteiger partial charge in [0, 0.05) is 5.41 Å². The van der Waals surface area contributed by atoms with Crippen LogP contribution in [-0.2, 0) is 9.98 Å². The van der Waals surface area contributed by atoms with E-state index in [4.69, 9.17) is 0 Å². The van der Waals surface area contributed by atoms with Crippen LogP contribution in [0.5, 0.6) is 0 Å². The first-order valence-electron chi connectivity index (χ1n) is 5.08. The van der Waals surface area contributed by atoms with E-state index in [-0.39, 0.29) is 10.7 Å². The molecule has 1 aromatic rings. The van der Waals surface area contributed by atoms with Crippen LogP contribution in [0, 0.1) is 0 Å². The fourth-order valence-corrected chi connectivity index (χ4v) is 2.74. The molecule has 1 aromatic carbocycles. The van der Waals surface area contributed by atoms with Crippen molar-refractivity contribution in [1.82, 2.24) is 0 Å². The Morgan fingerprint density at radius 3 is 2.31 bits per heavy atom. The van der Waals surface area contributed by atoms with E-state index in [9.17, 15) is 14.4 Å². The summed E-state index contributed by atoms with van der Waals surface area (Å²) in [5.41, 5.74) is 0.286. The van der Waals surface area contributed by atoms with Crippen LogP contribution in [0.2, 0.25) is 0 Å². The molecule has 0 spiro atoms. The van der Waals surface area contributed by atoms with Crippen LogP contribution in [0.4, 0.5) is 0 Å². The zero-order chi connectivity index (χ0) is 12.4. The van der Waals surface area contributed by atoms with Gasteiger partial charge in [-0.1, -0.05) is 44.2 Å². The third kappa shape index (κ3) is 2.82. The smallest absolute Gasteiger partial charge is 0.321 e. The highest BCUT2D eigenvalue weighted by Crippen LogP contribution is 2.38. The summed E-state index contributed by atoms with van der Waals surface area (Å²) in [4.78, 5) is 18.6. The van der Waals surface area contributed by atoms with Gasteiger partial charge in [-0.3, -0.25) is 4.57 Å². The third-order valence-corrected chi connectivity index (χ3v) is 3.51. The number of allylic oxidation sites excluding steroid dienone is 2. The highest BCUT2D eigenvalue weighted by molar-refractivity contribution is 7.60. The van der Waals surface area contributed by atoms with Crippen molar-refractivity contribution in [3.63, 3.8) is 0 Å². The van der Waals surface area contributed by atoms with E-state index < -0.39 is 7.60 Å². The molecule has 0 amide bonds. The van der Waals surface area contributed by atoms with Gasteiger partial charge in [-0.05, 0) is 18.6 Å². The maximum absolute atomic E-state index is 11.4. The zero-order valence-corrected chi connectivity index (χ0v) is 10.6. The molecule has 0 aliphatic rings. The number of benzene rings is 1. The van der Waals surface area contributed by atoms with Gasteiger partial charge in [0.25, 0.3) is 0 Å². The Balaban J connectivity index is 3.40. The second-order valence-corrected chi connectivity index (χ2v) is 5.85. The van der Waals surface area contributed by atoms with Crippen molar-refractivity contribution in [3.8, 4) is 0 Å². The highest BCUT2D eigenvalue weighted by Gasteiger charge is 2.28. The van der Waals surface area contributed by atoms with E-state index in [1.807, 2.05) is 32.9 Å². The molecule has 0 fully saturated rings. The molecule has 0 bridgehead atoms. The summed E-state index contributed by atoms with van der Waals surface area (Å²) in [5, 5.41) is 0.109. The molecule has 0 aliphatic heterocycles. The van der Waals surface area contributed by atoms with Crippen LogP contribution in [0.15, 0.2) is 36.4 Å². The SMILES string of the molecule is C/C=C/C(C)(C)c1ccccc1P(=O)(O)O. The summed E-state index contributed by atoms with van der Waals surface area (Å²) < 4.78 is 11.4. The Morgan fingerprint density at radius 1 is 1.25 bits per heavy atom. The quantitative estimate of drug-likeness (QED) is 0.629. The average molecular weight is 240 g/mol. The summed E-state index contributed by atoms with van der Waals surface area (Å²) in [7, 11) is -4.21. The van der Waals surface area contributed by atoms with Gasteiger partial charge >= 0.3 is 7.60 Å². The van der Waals surface area contributed by atoms with Crippen molar-refractivity contribution >= 4 is 12.9 Å². The van der Waals surface area contributed by atoms with E-state index in [2.05, 4.69) is 0 Å². The van der Waals surface area contributed by atoms with Gasteiger partial charge in [-0.2, -0.15) is 0 Å². The molecule has 0 aliphatic carbocycles. The van der Waals surface area contributed by atoms with Gasteiger partial charge in [0.2, 0.25) is 0 Å². The molecule has 0 radical (unpaired) electrons. The second-order valence-electron chi connectivity index (χ2n) is 4.28. The summed E-state index contributed by atoms with van der Waals surface area (Å²) in [6, 6.07) is 6.68. The molecular formula is C12H17O3P. The molecule has 2 N–H and O–H groups in total. The van der Waals surface area contributed by atoms with Gasteiger partial charge in [0.1, 0.15) is 0 Å². The van der Waals surface area contributed by atoms with Crippen LogP contribution >= 0.6 is 7.60 Å². The van der Waals surface area contributed by atoms with Gasteiger partial charge in [-0.15, -0.1) is 0 Å². The fourth-order valence-electron chi connectivity index (χ4n) is 1.78. The van der Waals surface area contributed by atoms with Crippen LogP contribution in [0.25, 0.3) is 0 Å². The van der Waals surface area contributed by atoms with E-state index in [1.165, 1.54) is 6.07 Å². The molecular weight excluding hydrogens is 223 g/mol. The summed E-state index contributed by atoms with van der Waals surface area (Å²) in [6.07, 6.45) is 3.82. The van der Waals surface area contributed by atoms with Crippen molar-refractivity contribution in [3.05, 3.63) is 42.0 Å². The predicted octanol–water partition coefficient (Wildman–Crippen LogP) is 2.34. The zero-order valence-electron chi connectivity index (χ0n) is 9.71. The lowest BCUT2D eigenvalue weighted by Crippen LogP contribution is -2.23. The number of hydrogen-bond donors (Lipinski definition) is 2. The first-order valence-corrected chi connectivity index (χ1v) is 6.70. The lowest BCUT2D eigenvalue weighted by molar-refractivity contribution is 0.386. The largest absolute Gasteiger partial charge is 0.356 e. The van der Waals surface area contributed by atoms with Gasteiger partial charge in [0.05, 0.1) is 5.30 Å². The van der Waals surface area contributed by atoms with Crippen molar-refractivity contribution in [2.24, 2.45) is 0 Å². The van der Waals surface area contributed by atoms with Gasteiger partial charge in [-0.25, -0.2) is 0 Å². The molecule has 0 heterocycles. The molecule has 3 nitrogen and oxygen atoms in total. The monoisotopic (exact) mass is 240 g/mol. The molecule has 88 valence electrons. The van der Waals surface area contributed by atoms with Crippen LogP contribution in [-0.4, -0.2) is 9.79 Å². The average Bonchev–Trinajstić information content (AvgIpc) is 2.16. The molecule has 0 saturated carbocycles. The van der Waals surface area contributed by atoms with Gasteiger partial charge < -0.3 is 9.79 Å². The predicted molar refractivity (Wildman–Crippen MR) is 66.0 cm³/mol. The Kier molecular flexibility index (Phi) is 3.74. The highest BCUT2D eigenvalue weighted by atomic mass is 31.2. The second kappa shape index (κ2) is 4.54. The first kappa shape index (κ1) is 13.2.